The number of rotatable bonds is 4. The Kier molecular flexibility index (Phi) is 9.15. The van der Waals surface area contributed by atoms with E-state index in [2.05, 4.69) is 30.6 Å². The van der Waals surface area contributed by atoms with Crippen molar-refractivity contribution < 1.29 is 14.4 Å². The van der Waals surface area contributed by atoms with Crippen LogP contribution >= 0.6 is 12.4 Å². The lowest BCUT2D eigenvalue weighted by Gasteiger charge is -2.18. The first-order chi connectivity index (χ1) is 22.4. The van der Waals surface area contributed by atoms with Crippen molar-refractivity contribution in [3.63, 3.8) is 0 Å². The molecule has 2 aliphatic rings. The highest BCUT2D eigenvalue weighted by Crippen LogP contribution is 2.34. The van der Waals surface area contributed by atoms with Gasteiger partial charge in [0.2, 0.25) is 0 Å². The molecular weight excluding hydrogens is 614 g/mol. The van der Waals surface area contributed by atoms with E-state index in [4.69, 9.17) is 5.73 Å². The Morgan fingerprint density at radius 3 is 1.91 bits per heavy atom. The van der Waals surface area contributed by atoms with E-state index in [1.165, 1.54) is 5.56 Å². The van der Waals surface area contributed by atoms with Gasteiger partial charge in [-0.25, -0.2) is 0 Å². The second kappa shape index (κ2) is 13.6. The van der Waals surface area contributed by atoms with Crippen molar-refractivity contribution in [1.29, 1.82) is 0 Å². The van der Waals surface area contributed by atoms with Gasteiger partial charge in [-0.05, 0) is 104 Å². The Hall–Kier alpha value is -5.32. The van der Waals surface area contributed by atoms with Gasteiger partial charge in [0.15, 0.2) is 5.78 Å². The Balaban J connectivity index is 0.000000161. The first-order valence-corrected chi connectivity index (χ1v) is 15.5. The molecule has 0 radical (unpaired) electrons. The number of hydrogen-bond donors (Lipinski definition) is 5. The molecule has 10 nitrogen and oxygen atoms in total. The van der Waals surface area contributed by atoms with Gasteiger partial charge in [0.1, 0.15) is 0 Å². The zero-order valence-corrected chi connectivity index (χ0v) is 26.3. The van der Waals surface area contributed by atoms with E-state index in [-0.39, 0.29) is 36.0 Å². The molecule has 0 saturated heterocycles. The van der Waals surface area contributed by atoms with Crippen molar-refractivity contribution in [2.45, 2.75) is 44.6 Å². The molecule has 47 heavy (non-hydrogen) atoms. The summed E-state index contributed by atoms with van der Waals surface area (Å²) < 4.78 is 0. The number of aromatic amines is 2. The van der Waals surface area contributed by atoms with Crippen molar-refractivity contribution in [2.75, 3.05) is 10.6 Å². The molecule has 0 spiro atoms. The third-order valence-electron chi connectivity index (χ3n) is 8.63. The van der Waals surface area contributed by atoms with Crippen molar-refractivity contribution in [1.82, 2.24) is 19.9 Å². The fraction of sp³-hybridized carbons (Fsp3) is 0.194. The van der Waals surface area contributed by atoms with Crippen LogP contribution in [0, 0.1) is 0 Å². The summed E-state index contributed by atoms with van der Waals surface area (Å²) in [5, 5.41) is 7.76. The third-order valence-corrected chi connectivity index (χ3v) is 8.63. The van der Waals surface area contributed by atoms with E-state index in [9.17, 15) is 14.4 Å². The summed E-state index contributed by atoms with van der Waals surface area (Å²) in [7, 11) is 0. The Morgan fingerprint density at radius 2 is 1.32 bits per heavy atom. The van der Waals surface area contributed by atoms with Crippen LogP contribution in [-0.2, 0) is 12.8 Å². The zero-order chi connectivity index (χ0) is 31.6. The van der Waals surface area contributed by atoms with E-state index in [0.29, 0.717) is 34.6 Å². The van der Waals surface area contributed by atoms with Crippen LogP contribution in [-0.4, -0.2) is 37.5 Å². The predicted octanol–water partition coefficient (Wildman–Crippen LogP) is 6.91. The van der Waals surface area contributed by atoms with Crippen LogP contribution in [0.1, 0.15) is 79.8 Å². The van der Waals surface area contributed by atoms with Crippen molar-refractivity contribution in [3.05, 3.63) is 119 Å². The Labute approximate surface area is 277 Å². The number of carbonyl (C=O) groups is 3. The maximum Gasteiger partial charge on any atom is 0.255 e. The second-order valence-corrected chi connectivity index (χ2v) is 11.7. The molecule has 2 aliphatic carbocycles. The number of benzene rings is 2. The lowest BCUT2D eigenvalue weighted by Crippen LogP contribution is -2.16. The van der Waals surface area contributed by atoms with Gasteiger partial charge < -0.3 is 26.3 Å². The minimum absolute atomic E-state index is 0. The SMILES string of the molecule is Cl.NC1CCCc2c1[nH]c1ccc(C(=O)Nc3cccnc3)cc21.O=C(Nc1cccnc1)c1ccc2[nH]c3c(c2c1)CCCC3=O. The molecule has 0 saturated carbocycles. The number of amides is 2. The van der Waals surface area contributed by atoms with Crippen molar-refractivity contribution in [2.24, 2.45) is 5.73 Å². The van der Waals surface area contributed by atoms with E-state index in [0.717, 1.165) is 65.2 Å². The number of pyridine rings is 2. The number of nitrogens with one attached hydrogen (secondary N) is 4. The molecule has 1 unspecified atom stereocenters. The molecule has 238 valence electrons. The summed E-state index contributed by atoms with van der Waals surface area (Å²) in [6.45, 7) is 0. The molecule has 0 bridgehead atoms. The minimum atomic E-state index is -0.183. The van der Waals surface area contributed by atoms with Crippen LogP contribution < -0.4 is 16.4 Å². The number of nitrogens with zero attached hydrogens (tertiary/aromatic N) is 2. The lowest BCUT2D eigenvalue weighted by molar-refractivity contribution is 0.0966. The Bertz CT molecular complexity index is 2090. The number of nitrogens with two attached hydrogens (primary N) is 1. The quantitative estimate of drug-likeness (QED) is 0.140. The number of aryl methyl sites for hydroxylation is 2. The molecule has 6 N–H and O–H groups in total. The third kappa shape index (κ3) is 6.51. The van der Waals surface area contributed by atoms with Crippen molar-refractivity contribution >= 4 is 63.2 Å². The van der Waals surface area contributed by atoms with Crippen LogP contribution in [0.25, 0.3) is 21.8 Å². The number of carbonyl (C=O) groups excluding carboxylic acids is 3. The van der Waals surface area contributed by atoms with Gasteiger partial charge in [0, 0.05) is 63.5 Å². The highest BCUT2D eigenvalue weighted by molar-refractivity contribution is 6.09. The number of hydrogen-bond acceptors (Lipinski definition) is 6. The average Bonchev–Trinajstić information content (AvgIpc) is 3.65. The predicted molar refractivity (Wildman–Crippen MR) is 185 cm³/mol. The van der Waals surface area contributed by atoms with Gasteiger partial charge >= 0.3 is 0 Å². The summed E-state index contributed by atoms with van der Waals surface area (Å²) >= 11 is 0. The van der Waals surface area contributed by atoms with E-state index < -0.39 is 0 Å². The Morgan fingerprint density at radius 1 is 0.745 bits per heavy atom. The lowest BCUT2D eigenvalue weighted by atomic mass is 9.92. The maximum atomic E-state index is 12.4. The summed E-state index contributed by atoms with van der Waals surface area (Å²) in [5.41, 5.74) is 14.8. The van der Waals surface area contributed by atoms with E-state index in [1.54, 1.807) is 49.1 Å². The molecule has 0 fully saturated rings. The number of halogens is 1. The number of ketones is 1. The van der Waals surface area contributed by atoms with Crippen LogP contribution in [0.3, 0.4) is 0 Å². The standard InChI is InChI=1S/C18H18N4O.C18H15N3O2.ClH/c19-15-5-1-4-13-14-9-11(6-7-16(14)22-17(13)15)18(23)21-12-3-2-8-20-10-12;22-16-5-1-4-13-14-9-11(6-7-15(14)21-17(13)16)18(23)20-12-3-2-8-19-10-12;/h2-3,6-10,15,22H,1,4-5,19H2,(H,21,23);2-3,6-10,21H,1,4-5H2,(H,20,23);1H. The number of aromatic nitrogens is 4. The molecular formula is C36H34ClN7O3. The molecule has 2 amide bonds. The number of H-pyrrole nitrogens is 2. The van der Waals surface area contributed by atoms with Gasteiger partial charge in [-0.2, -0.15) is 0 Å². The van der Waals surface area contributed by atoms with Crippen molar-refractivity contribution in [3.8, 4) is 0 Å². The maximum absolute atomic E-state index is 12.4. The minimum Gasteiger partial charge on any atom is -0.357 e. The molecule has 4 heterocycles. The van der Waals surface area contributed by atoms with Gasteiger partial charge in [-0.15, -0.1) is 12.4 Å². The molecule has 1 atom stereocenters. The topological polar surface area (TPSA) is 159 Å². The molecule has 8 rings (SSSR count). The molecule has 11 heteroatoms. The smallest absolute Gasteiger partial charge is 0.255 e. The van der Waals surface area contributed by atoms with E-state index >= 15 is 0 Å². The van der Waals surface area contributed by atoms with Gasteiger partial charge in [-0.1, -0.05) is 0 Å². The first kappa shape index (κ1) is 31.7. The fourth-order valence-corrected chi connectivity index (χ4v) is 6.36. The molecule has 6 aromatic rings. The van der Waals surface area contributed by atoms with Gasteiger partial charge in [0.25, 0.3) is 11.8 Å². The summed E-state index contributed by atoms with van der Waals surface area (Å²) in [5.74, 6) is -0.157. The van der Waals surface area contributed by atoms with Crippen LogP contribution in [0.4, 0.5) is 11.4 Å². The van der Waals surface area contributed by atoms with E-state index in [1.807, 2.05) is 36.4 Å². The number of anilines is 2. The monoisotopic (exact) mass is 647 g/mol. The van der Waals surface area contributed by atoms with Crippen LogP contribution in [0.15, 0.2) is 85.5 Å². The zero-order valence-electron chi connectivity index (χ0n) is 25.5. The van der Waals surface area contributed by atoms with Gasteiger partial charge in [0.05, 0.1) is 29.5 Å². The number of Topliss-reactive ketones (excluding diaryl/α,β-unsaturated/α-hetero) is 1. The molecule has 2 aromatic carbocycles. The van der Waals surface area contributed by atoms with Gasteiger partial charge in [-0.3, -0.25) is 24.4 Å². The molecule has 0 aliphatic heterocycles. The summed E-state index contributed by atoms with van der Waals surface area (Å²) in [6, 6.07) is 18.5. The normalized spacial score (nSPS) is 15.1. The fourth-order valence-electron chi connectivity index (χ4n) is 6.36. The first-order valence-electron chi connectivity index (χ1n) is 15.5. The highest BCUT2D eigenvalue weighted by Gasteiger charge is 2.23. The largest absolute Gasteiger partial charge is 0.357 e. The second-order valence-electron chi connectivity index (χ2n) is 11.7. The highest BCUT2D eigenvalue weighted by atomic mass is 35.5. The van der Waals surface area contributed by atoms with Crippen LogP contribution in [0.5, 0.6) is 0 Å². The summed E-state index contributed by atoms with van der Waals surface area (Å²) in [4.78, 5) is 51.4. The average molecular weight is 648 g/mol. The number of fused-ring (bicyclic) bond motifs is 6. The molecule has 4 aromatic heterocycles. The van der Waals surface area contributed by atoms with Crippen LogP contribution in [0.2, 0.25) is 0 Å². The summed E-state index contributed by atoms with van der Waals surface area (Å²) in [6.07, 6.45) is 12.0.